The number of nitrogens with two attached hydrogens (primary N) is 1. The topological polar surface area (TPSA) is 131 Å². The van der Waals surface area contributed by atoms with E-state index in [-0.39, 0.29) is 55.2 Å². The Kier molecular flexibility index (Phi) is 9.15. The number of carbonyl (C=O) groups is 1. The number of anilines is 1. The van der Waals surface area contributed by atoms with Gasteiger partial charge in [0.25, 0.3) is 5.92 Å². The molecule has 4 aromatic rings. The highest BCUT2D eigenvalue weighted by atomic mass is 19.4. The van der Waals surface area contributed by atoms with Crippen LogP contribution in [0.2, 0.25) is 0 Å². The smallest absolute Gasteiger partial charge is 0.382 e. The van der Waals surface area contributed by atoms with Crippen LogP contribution in [-0.2, 0) is 23.0 Å². The maximum absolute atomic E-state index is 16.0. The summed E-state index contributed by atoms with van der Waals surface area (Å²) in [5.74, 6) is -4.91. The number of benzene rings is 2. The second-order valence-corrected chi connectivity index (χ2v) is 15.1. The third-order valence-corrected chi connectivity index (χ3v) is 11.6. The van der Waals surface area contributed by atoms with Gasteiger partial charge in [-0.05, 0) is 61.1 Å². The van der Waals surface area contributed by atoms with Gasteiger partial charge in [-0.1, -0.05) is 30.2 Å². The first-order valence-electron chi connectivity index (χ1n) is 18.2. The predicted octanol–water partition coefficient (Wildman–Crippen LogP) is 5.85. The van der Waals surface area contributed by atoms with Gasteiger partial charge in [0.1, 0.15) is 40.7 Å². The number of aromatic nitrogens is 3. The van der Waals surface area contributed by atoms with Crippen LogP contribution in [-0.4, -0.2) is 79.5 Å². The minimum Gasteiger partial charge on any atom is -0.382 e. The summed E-state index contributed by atoms with van der Waals surface area (Å²) < 4.78 is 111. The number of fused-ring (bicyclic) bond motifs is 4. The summed E-state index contributed by atoms with van der Waals surface area (Å²) in [6.07, 6.45) is -2.40. The molecule has 0 radical (unpaired) electrons. The monoisotopic (exact) mass is 795 g/mol. The number of carbonyl (C=O) groups excluding carboxylic acids is 1. The van der Waals surface area contributed by atoms with Crippen LogP contribution in [0.1, 0.15) is 42.8 Å². The number of amides is 1. The lowest BCUT2D eigenvalue weighted by molar-refractivity contribution is -0.144. The molecule has 0 bridgehead atoms. The Bertz CT molecular complexity index is 2390. The van der Waals surface area contributed by atoms with Crippen molar-refractivity contribution < 1.29 is 45.4 Å². The molecule has 2 unspecified atom stereocenters. The maximum Gasteiger partial charge on any atom is 0.431 e. The van der Waals surface area contributed by atoms with E-state index < -0.39 is 76.8 Å². The summed E-state index contributed by atoms with van der Waals surface area (Å²) in [7, 11) is 1.67. The summed E-state index contributed by atoms with van der Waals surface area (Å²) in [6, 6.07) is 9.90. The fraction of sp³-hybridized carbons (Fsp3) is 0.400. The maximum atomic E-state index is 16.0. The molecule has 4 heterocycles. The van der Waals surface area contributed by atoms with Crippen LogP contribution in [0.5, 0.6) is 0 Å². The van der Waals surface area contributed by atoms with Gasteiger partial charge in [0.15, 0.2) is 5.82 Å². The molecule has 1 saturated heterocycles. The number of halogens is 7. The molecule has 1 amide bonds. The summed E-state index contributed by atoms with van der Waals surface area (Å²) >= 11 is 0. The second-order valence-electron chi connectivity index (χ2n) is 15.1. The first kappa shape index (κ1) is 38.4. The lowest BCUT2D eigenvalue weighted by Gasteiger charge is -2.39. The molecule has 2 fully saturated rings. The van der Waals surface area contributed by atoms with Crippen LogP contribution in [0.25, 0.3) is 22.0 Å². The number of hydrogen-bond donors (Lipinski definition) is 3. The van der Waals surface area contributed by atoms with Crippen molar-refractivity contribution in [3.05, 3.63) is 89.3 Å². The fourth-order valence-corrected chi connectivity index (χ4v) is 8.65. The van der Waals surface area contributed by atoms with Gasteiger partial charge >= 0.3 is 6.18 Å². The van der Waals surface area contributed by atoms with Crippen LogP contribution in [0, 0.1) is 41.2 Å². The van der Waals surface area contributed by atoms with Crippen LogP contribution in [0.3, 0.4) is 0 Å². The number of pyridine rings is 1. The van der Waals surface area contributed by atoms with Crippen molar-refractivity contribution in [1.82, 2.24) is 25.1 Å². The number of para-hydroxylation sites is 1. The number of nitrogens with zero attached hydrogens (tertiary/aromatic N) is 5. The first-order chi connectivity index (χ1) is 26.9. The molecule has 2 aromatic carbocycles. The molecule has 57 heavy (non-hydrogen) atoms. The number of ether oxygens (including phenoxy) is 1. The van der Waals surface area contributed by atoms with E-state index in [1.165, 1.54) is 16.8 Å². The Labute approximate surface area is 321 Å². The van der Waals surface area contributed by atoms with E-state index in [0.29, 0.717) is 33.1 Å². The lowest BCUT2D eigenvalue weighted by atomic mass is 9.76. The Hall–Kier alpha value is -5.47. The van der Waals surface area contributed by atoms with Crippen LogP contribution in [0.15, 0.2) is 65.8 Å². The third kappa shape index (κ3) is 6.48. The molecule has 8 rings (SSSR count). The van der Waals surface area contributed by atoms with Crippen molar-refractivity contribution >= 4 is 28.3 Å². The Morgan fingerprint density at radius 3 is 2.47 bits per heavy atom. The van der Waals surface area contributed by atoms with Crippen molar-refractivity contribution in [3.8, 4) is 23.0 Å². The van der Waals surface area contributed by atoms with Crippen molar-refractivity contribution in [2.75, 3.05) is 25.5 Å². The van der Waals surface area contributed by atoms with Crippen molar-refractivity contribution in [1.29, 1.82) is 0 Å². The van der Waals surface area contributed by atoms with Crippen LogP contribution >= 0.6 is 0 Å². The van der Waals surface area contributed by atoms with E-state index in [9.17, 15) is 31.9 Å². The zero-order valence-electron chi connectivity index (χ0n) is 30.5. The average molecular weight is 796 g/mol. The number of hydrazone groups is 1. The quantitative estimate of drug-likeness (QED) is 0.122. The molecule has 0 spiro atoms. The molecule has 10 nitrogen and oxygen atoms in total. The molecular weight excluding hydrogens is 759 g/mol. The Morgan fingerprint density at radius 2 is 1.81 bits per heavy atom. The zero-order chi connectivity index (χ0) is 40.7. The predicted molar refractivity (Wildman–Crippen MR) is 194 cm³/mol. The van der Waals surface area contributed by atoms with E-state index in [1.807, 2.05) is 0 Å². The lowest BCUT2D eigenvalue weighted by Crippen LogP contribution is -2.58. The molecule has 298 valence electrons. The summed E-state index contributed by atoms with van der Waals surface area (Å²) in [6.45, 7) is 0.532. The minimum atomic E-state index is -5.05. The molecule has 2 aliphatic carbocycles. The van der Waals surface area contributed by atoms with Gasteiger partial charge in [-0.2, -0.15) is 23.4 Å². The van der Waals surface area contributed by atoms with Gasteiger partial charge in [0.05, 0.1) is 36.4 Å². The molecular formula is C40H36F7N7O3. The summed E-state index contributed by atoms with van der Waals surface area (Å²) in [4.78, 5) is 18.9. The molecule has 4 aliphatic rings. The van der Waals surface area contributed by atoms with Gasteiger partial charge in [-0.25, -0.2) is 22.5 Å². The highest BCUT2D eigenvalue weighted by molar-refractivity contribution is 6.00. The minimum absolute atomic E-state index is 0.0668. The SMILES string of the molecule is Cn1nc(N)c2cccc(-c3ccc(C#CC4(O)CCOCC4)nc3[C@H](Cc3cc(F)cc(F)c3)NC(=O)CN3N=C(C(F)(F)F)C4[C@H]5C=C[C@H]5C(F)(F)C43C)c21. The van der Waals surface area contributed by atoms with Gasteiger partial charge < -0.3 is 20.9 Å². The second kappa shape index (κ2) is 13.6. The fourth-order valence-electron chi connectivity index (χ4n) is 8.65. The van der Waals surface area contributed by atoms with Crippen molar-refractivity contribution in [2.24, 2.45) is 29.9 Å². The van der Waals surface area contributed by atoms with Crippen LogP contribution in [0.4, 0.5) is 36.6 Å². The average Bonchev–Trinajstić information content (AvgIpc) is 3.62. The zero-order valence-corrected chi connectivity index (χ0v) is 30.5. The number of rotatable bonds is 7. The number of allylic oxidation sites excluding steroid dienone is 2. The molecule has 4 N–H and O–H groups in total. The largest absolute Gasteiger partial charge is 0.431 e. The normalized spacial score (nSPS) is 24.9. The van der Waals surface area contributed by atoms with E-state index >= 15 is 8.78 Å². The van der Waals surface area contributed by atoms with Crippen molar-refractivity contribution in [3.63, 3.8) is 0 Å². The first-order valence-corrected chi connectivity index (χ1v) is 18.2. The Balaban J connectivity index is 1.23. The molecule has 2 aliphatic heterocycles. The van der Waals surface area contributed by atoms with E-state index in [4.69, 9.17) is 15.5 Å². The van der Waals surface area contributed by atoms with Crippen LogP contribution < -0.4 is 11.1 Å². The number of aliphatic hydroxyl groups is 1. The molecule has 5 atom stereocenters. The number of hydrogen-bond acceptors (Lipinski definition) is 8. The highest BCUT2D eigenvalue weighted by Crippen LogP contribution is 2.65. The van der Waals surface area contributed by atoms with E-state index in [2.05, 4.69) is 27.4 Å². The van der Waals surface area contributed by atoms with Gasteiger partial charge in [-0.15, -0.1) is 0 Å². The van der Waals surface area contributed by atoms with E-state index in [0.717, 1.165) is 19.1 Å². The number of aryl methyl sites for hydroxylation is 1. The number of nitrogen functional groups attached to an aromatic ring is 1. The Morgan fingerprint density at radius 1 is 1.09 bits per heavy atom. The summed E-state index contributed by atoms with van der Waals surface area (Å²) in [5, 5.41) is 22.8. The molecule has 2 aromatic heterocycles. The van der Waals surface area contributed by atoms with Crippen molar-refractivity contribution in [2.45, 2.75) is 55.5 Å². The van der Waals surface area contributed by atoms with Gasteiger partial charge in [0.2, 0.25) is 5.91 Å². The summed E-state index contributed by atoms with van der Waals surface area (Å²) in [5.41, 5.74) is 2.70. The molecule has 17 heteroatoms. The van der Waals surface area contributed by atoms with E-state index in [1.54, 1.807) is 37.4 Å². The number of alkyl halides is 5. The highest BCUT2D eigenvalue weighted by Gasteiger charge is 2.78. The number of nitrogens with one attached hydrogen (secondary N) is 1. The van der Waals surface area contributed by atoms with Gasteiger partial charge in [-0.3, -0.25) is 14.5 Å². The third-order valence-electron chi connectivity index (χ3n) is 11.6. The standard InChI is InChI=1S/C40H36F7N7O3/c1-37-32(27-8-9-29(27)39(37,43)44)35(40(45,46)47)51-54(37)20-31(55)50-30(18-21-16-22(41)19-23(42)17-21)33-25(26-4-3-5-28-34(26)53(2)52-36(28)48)7-6-24(49-33)10-11-38(56)12-14-57-15-13-38/h3-9,16-17,19,27,29-30,32,56H,12-15,18,20H2,1-2H3,(H2,48,52)(H,50,55)/t27-,29+,30-,32?,37?/m0/s1. The molecule has 1 saturated carbocycles. The van der Waals surface area contributed by atoms with Gasteiger partial charge in [0, 0.05) is 48.4 Å².